The average Bonchev–Trinajstić information content (AvgIpc) is 2.57. The van der Waals surface area contributed by atoms with E-state index in [9.17, 15) is 0 Å². The summed E-state index contributed by atoms with van der Waals surface area (Å²) in [4.78, 5) is 0. The Balaban J connectivity index is 0. The molecule has 0 amide bonds. The summed E-state index contributed by atoms with van der Waals surface area (Å²) in [5.74, 6) is 0. The largest absolute Gasteiger partial charge is 0.500 e. The molecule has 0 saturated carbocycles. The molecule has 0 saturated heterocycles. The van der Waals surface area contributed by atoms with E-state index in [4.69, 9.17) is 13.3 Å². The molecule has 0 spiro atoms. The lowest BCUT2D eigenvalue weighted by Crippen LogP contribution is -2.45. The van der Waals surface area contributed by atoms with Crippen molar-refractivity contribution in [2.24, 2.45) is 0 Å². The predicted octanol–water partition coefficient (Wildman–Crippen LogP) is 6.98. The number of hydrogen-bond acceptors (Lipinski definition) is 3. The van der Waals surface area contributed by atoms with Crippen molar-refractivity contribution < 1.29 is 13.3 Å². The zero-order valence-corrected chi connectivity index (χ0v) is 18.6. The minimum absolute atomic E-state index is 0.681. The summed E-state index contributed by atoms with van der Waals surface area (Å²) in [6.07, 6.45) is 13.4. The maximum atomic E-state index is 5.79. The van der Waals surface area contributed by atoms with Crippen LogP contribution >= 0.6 is 0 Å². The molecule has 0 rings (SSSR count). The van der Waals surface area contributed by atoms with Crippen molar-refractivity contribution in [2.75, 3.05) is 19.8 Å². The number of hydrogen-bond donors (Lipinski definition) is 0. The molecule has 0 bridgehead atoms. The van der Waals surface area contributed by atoms with Gasteiger partial charge in [0.25, 0.3) is 0 Å². The summed E-state index contributed by atoms with van der Waals surface area (Å²) in [6.45, 7) is 14.8. The van der Waals surface area contributed by atoms with Crippen molar-refractivity contribution in [1.29, 1.82) is 0 Å². The first kappa shape index (κ1) is 26.3. The average molecular weight is 363 g/mol. The van der Waals surface area contributed by atoms with Crippen LogP contribution in [0.4, 0.5) is 0 Å². The third-order valence-corrected chi connectivity index (χ3v) is 7.04. The molecule has 0 heterocycles. The minimum Gasteiger partial charge on any atom is -0.374 e. The monoisotopic (exact) mass is 362 g/mol. The third kappa shape index (κ3) is 16.9. The Kier molecular flexibility index (Phi) is 23.2. The van der Waals surface area contributed by atoms with Gasteiger partial charge in [0.15, 0.2) is 0 Å². The second-order valence-electron chi connectivity index (χ2n) is 6.21. The Labute approximate surface area is 154 Å². The first-order valence-corrected chi connectivity index (χ1v) is 12.5. The molecule has 0 atom stereocenters. The van der Waals surface area contributed by atoms with Gasteiger partial charge in [-0.05, 0) is 27.2 Å². The molecule has 0 unspecified atom stereocenters. The van der Waals surface area contributed by atoms with Gasteiger partial charge in [-0.3, -0.25) is 0 Å². The fraction of sp³-hybridized carbons (Fsp3) is 1.00. The van der Waals surface area contributed by atoms with Gasteiger partial charge in [-0.15, -0.1) is 0 Å². The molecule has 0 radical (unpaired) electrons. The molecular weight excluding hydrogens is 316 g/mol. The van der Waals surface area contributed by atoms with Gasteiger partial charge in [0.1, 0.15) is 0 Å². The highest BCUT2D eigenvalue weighted by atomic mass is 28.4. The Morgan fingerprint density at radius 3 is 1.08 bits per heavy atom. The Bertz CT molecular complexity index is 202. The van der Waals surface area contributed by atoms with Gasteiger partial charge in [-0.2, -0.15) is 0 Å². The van der Waals surface area contributed by atoms with Crippen molar-refractivity contribution >= 4 is 8.80 Å². The van der Waals surface area contributed by atoms with Crippen molar-refractivity contribution in [3.8, 4) is 0 Å². The van der Waals surface area contributed by atoms with Crippen LogP contribution in [0.2, 0.25) is 6.04 Å². The Morgan fingerprint density at radius 1 is 0.458 bits per heavy atom. The van der Waals surface area contributed by atoms with E-state index in [1.54, 1.807) is 0 Å². The van der Waals surface area contributed by atoms with E-state index in [0.717, 1.165) is 12.5 Å². The second-order valence-corrected chi connectivity index (χ2v) is 8.94. The van der Waals surface area contributed by atoms with E-state index < -0.39 is 8.80 Å². The first-order chi connectivity index (χ1) is 11.7. The molecule has 4 heteroatoms. The second kappa shape index (κ2) is 21.1. The van der Waals surface area contributed by atoms with E-state index in [2.05, 4.69) is 20.8 Å². The normalized spacial score (nSPS) is 11.2. The van der Waals surface area contributed by atoms with Crippen molar-refractivity contribution in [1.82, 2.24) is 0 Å². The standard InChI is InChI=1S/C12H28O3Si.C8H18/c1-5-9-10-11-12-16(13-6-2,14-7-3)15-8-4;1-3-5-7-8-6-4-2/h5-12H2,1-4H3;3-8H2,1-2H3. The van der Waals surface area contributed by atoms with Gasteiger partial charge in [0.2, 0.25) is 0 Å². The lowest BCUT2D eigenvalue weighted by molar-refractivity contribution is 0.0706. The molecular formula is C20H46O3Si. The van der Waals surface area contributed by atoms with Crippen LogP contribution in [0.5, 0.6) is 0 Å². The summed E-state index contributed by atoms with van der Waals surface area (Å²) in [5.41, 5.74) is 0. The zero-order valence-electron chi connectivity index (χ0n) is 17.6. The first-order valence-electron chi connectivity index (χ1n) is 10.6. The molecule has 24 heavy (non-hydrogen) atoms. The van der Waals surface area contributed by atoms with Gasteiger partial charge in [0, 0.05) is 25.9 Å². The van der Waals surface area contributed by atoms with Crippen molar-refractivity contribution in [3.63, 3.8) is 0 Å². The fourth-order valence-electron chi connectivity index (χ4n) is 2.62. The van der Waals surface area contributed by atoms with Crippen LogP contribution < -0.4 is 0 Å². The molecule has 0 aliphatic heterocycles. The van der Waals surface area contributed by atoms with Gasteiger partial charge in [-0.25, -0.2) is 0 Å². The summed E-state index contributed by atoms with van der Waals surface area (Å²) in [6, 6.07) is 0.961. The zero-order chi connectivity index (χ0) is 18.5. The molecule has 148 valence electrons. The Morgan fingerprint density at radius 2 is 0.792 bits per heavy atom. The molecule has 0 fully saturated rings. The summed E-state index contributed by atoms with van der Waals surface area (Å²) in [7, 11) is -2.35. The van der Waals surface area contributed by atoms with Crippen LogP contribution in [0.15, 0.2) is 0 Å². The van der Waals surface area contributed by atoms with E-state index >= 15 is 0 Å². The van der Waals surface area contributed by atoms with Gasteiger partial charge < -0.3 is 13.3 Å². The molecule has 0 aromatic carbocycles. The molecule has 0 aromatic rings. The van der Waals surface area contributed by atoms with Gasteiger partial charge in [-0.1, -0.05) is 78.6 Å². The van der Waals surface area contributed by atoms with Gasteiger partial charge >= 0.3 is 8.80 Å². The van der Waals surface area contributed by atoms with Crippen LogP contribution in [-0.4, -0.2) is 28.6 Å². The summed E-state index contributed by atoms with van der Waals surface area (Å²) >= 11 is 0. The van der Waals surface area contributed by atoms with E-state index in [-0.39, 0.29) is 0 Å². The topological polar surface area (TPSA) is 27.7 Å². The number of unbranched alkanes of at least 4 members (excludes halogenated alkanes) is 8. The highest BCUT2D eigenvalue weighted by molar-refractivity contribution is 6.60. The Hall–Kier alpha value is 0.0969. The maximum Gasteiger partial charge on any atom is 0.500 e. The predicted molar refractivity (Wildman–Crippen MR) is 109 cm³/mol. The summed E-state index contributed by atoms with van der Waals surface area (Å²) < 4.78 is 17.4. The van der Waals surface area contributed by atoms with Crippen LogP contribution in [-0.2, 0) is 13.3 Å². The maximum absolute atomic E-state index is 5.79. The van der Waals surface area contributed by atoms with E-state index in [1.165, 1.54) is 57.8 Å². The van der Waals surface area contributed by atoms with E-state index in [0.29, 0.717) is 19.8 Å². The van der Waals surface area contributed by atoms with Gasteiger partial charge in [0.05, 0.1) is 0 Å². The van der Waals surface area contributed by atoms with Crippen LogP contribution in [0.3, 0.4) is 0 Å². The molecule has 0 N–H and O–H groups in total. The quantitative estimate of drug-likeness (QED) is 0.219. The highest BCUT2D eigenvalue weighted by Crippen LogP contribution is 2.20. The van der Waals surface area contributed by atoms with Crippen molar-refractivity contribution in [3.05, 3.63) is 0 Å². The third-order valence-electron chi connectivity index (χ3n) is 3.89. The minimum atomic E-state index is -2.35. The van der Waals surface area contributed by atoms with Crippen LogP contribution in [0.1, 0.15) is 106 Å². The molecule has 0 aliphatic carbocycles. The highest BCUT2D eigenvalue weighted by Gasteiger charge is 2.39. The van der Waals surface area contributed by atoms with Crippen LogP contribution in [0.25, 0.3) is 0 Å². The van der Waals surface area contributed by atoms with E-state index in [1.807, 2.05) is 20.8 Å². The molecule has 0 aromatic heterocycles. The number of rotatable bonds is 16. The fourth-order valence-corrected chi connectivity index (χ4v) is 5.31. The lowest BCUT2D eigenvalue weighted by atomic mass is 10.1. The molecule has 0 aliphatic rings. The lowest BCUT2D eigenvalue weighted by Gasteiger charge is -2.28. The van der Waals surface area contributed by atoms with Crippen LogP contribution in [0, 0.1) is 0 Å². The SMILES string of the molecule is CCCCCCCC.CCCCCC[Si](OCC)(OCC)OCC. The van der Waals surface area contributed by atoms with Crippen molar-refractivity contribution in [2.45, 2.75) is 112 Å². The molecule has 3 nitrogen and oxygen atoms in total. The smallest absolute Gasteiger partial charge is 0.374 e. The summed E-state index contributed by atoms with van der Waals surface area (Å²) in [5, 5.41) is 0.